The van der Waals surface area contributed by atoms with Crippen molar-refractivity contribution in [1.29, 1.82) is 0 Å². The molecule has 0 fully saturated rings. The van der Waals surface area contributed by atoms with Crippen molar-refractivity contribution >= 4 is 5.69 Å². The van der Waals surface area contributed by atoms with Crippen molar-refractivity contribution in [1.82, 2.24) is 0 Å². The van der Waals surface area contributed by atoms with Gasteiger partial charge in [-0.1, -0.05) is 12.1 Å². The van der Waals surface area contributed by atoms with Crippen LogP contribution in [0.1, 0.15) is 5.56 Å². The lowest BCUT2D eigenvalue weighted by molar-refractivity contribution is -0.137. The van der Waals surface area contributed by atoms with E-state index in [1.807, 2.05) is 0 Å². The summed E-state index contributed by atoms with van der Waals surface area (Å²) in [5.41, 5.74) is -1.69. The van der Waals surface area contributed by atoms with Gasteiger partial charge in [-0.25, -0.2) is 0 Å². The van der Waals surface area contributed by atoms with Gasteiger partial charge in [0, 0.05) is 5.69 Å². The van der Waals surface area contributed by atoms with Crippen LogP contribution in [0.2, 0.25) is 0 Å². The maximum Gasteiger partial charge on any atom is 0.418 e. The van der Waals surface area contributed by atoms with Crippen LogP contribution in [0, 0.1) is 0 Å². The molecule has 0 atom stereocenters. The first kappa shape index (κ1) is 12.7. The highest BCUT2D eigenvalue weighted by Gasteiger charge is 2.34. The summed E-state index contributed by atoms with van der Waals surface area (Å²) in [7, 11) is 0. The number of nitrogens with one attached hydrogen (secondary N) is 1. The number of benzene rings is 1. The Kier molecular flexibility index (Phi) is 3.35. The maximum atomic E-state index is 12.3. The third-order valence-electron chi connectivity index (χ3n) is 1.71. The Morgan fingerprint density at radius 3 is 2.00 bits per heavy atom. The van der Waals surface area contributed by atoms with Crippen molar-refractivity contribution in [2.45, 2.75) is 12.4 Å². The number of rotatable bonds is 2. The smallest absolute Gasteiger partial charge is 0.376 e. The van der Waals surface area contributed by atoms with Gasteiger partial charge in [-0.3, -0.25) is 0 Å². The van der Waals surface area contributed by atoms with Crippen LogP contribution >= 0.6 is 0 Å². The summed E-state index contributed by atoms with van der Waals surface area (Å²) in [4.78, 5) is 0. The summed E-state index contributed by atoms with van der Waals surface area (Å²) in [5, 5.41) is 1.71. The molecule has 0 amide bonds. The topological polar surface area (TPSA) is 12.0 Å². The van der Waals surface area contributed by atoms with E-state index < -0.39 is 30.1 Å². The Morgan fingerprint density at radius 1 is 0.938 bits per heavy atom. The quantitative estimate of drug-likeness (QED) is 0.781. The van der Waals surface area contributed by atoms with Crippen molar-refractivity contribution < 1.29 is 26.3 Å². The summed E-state index contributed by atoms with van der Waals surface area (Å²) in [5.74, 6) is 0. The van der Waals surface area contributed by atoms with E-state index >= 15 is 0 Å². The molecule has 0 spiro atoms. The van der Waals surface area contributed by atoms with Gasteiger partial charge in [-0.05, 0) is 12.1 Å². The molecule has 0 unspecified atom stereocenters. The van der Waals surface area contributed by atoms with E-state index in [0.717, 1.165) is 18.2 Å². The van der Waals surface area contributed by atoms with E-state index in [1.165, 1.54) is 6.07 Å². The van der Waals surface area contributed by atoms with Crippen molar-refractivity contribution in [2.75, 3.05) is 11.9 Å². The minimum Gasteiger partial charge on any atom is -0.376 e. The standard InChI is InChI=1S/C9H7F6N/c10-8(11,12)5-16-7-4-2-1-3-6(7)9(13,14)15/h1-4,16H,5H2. The highest BCUT2D eigenvalue weighted by Crippen LogP contribution is 2.34. The molecule has 0 aliphatic carbocycles. The average molecular weight is 243 g/mol. The van der Waals surface area contributed by atoms with Crippen LogP contribution in [-0.2, 0) is 6.18 Å². The first-order valence-electron chi connectivity index (χ1n) is 4.17. The van der Waals surface area contributed by atoms with E-state index in [-0.39, 0.29) is 0 Å². The summed E-state index contributed by atoms with van der Waals surface area (Å²) in [6, 6.07) is 4.02. The van der Waals surface area contributed by atoms with Gasteiger partial charge in [0.05, 0.1) is 5.56 Å². The lowest BCUT2D eigenvalue weighted by Gasteiger charge is -2.15. The van der Waals surface area contributed by atoms with Gasteiger partial charge in [0.1, 0.15) is 6.54 Å². The molecule has 1 nitrogen and oxygen atoms in total. The SMILES string of the molecule is FC(F)(F)CNc1ccccc1C(F)(F)F. The third kappa shape index (κ3) is 3.63. The van der Waals surface area contributed by atoms with E-state index in [4.69, 9.17) is 0 Å². The summed E-state index contributed by atoms with van der Waals surface area (Å²) in [6.07, 6.45) is -9.23. The fraction of sp³-hybridized carbons (Fsp3) is 0.333. The molecule has 7 heteroatoms. The second-order valence-electron chi connectivity index (χ2n) is 3.01. The van der Waals surface area contributed by atoms with E-state index in [9.17, 15) is 26.3 Å². The second-order valence-corrected chi connectivity index (χ2v) is 3.01. The molecule has 0 saturated heterocycles. The molecule has 0 bridgehead atoms. The summed E-state index contributed by atoms with van der Waals surface area (Å²) in [6.45, 7) is -1.50. The zero-order valence-electron chi connectivity index (χ0n) is 7.78. The number of hydrogen-bond acceptors (Lipinski definition) is 1. The van der Waals surface area contributed by atoms with Gasteiger partial charge >= 0.3 is 12.4 Å². The highest BCUT2D eigenvalue weighted by molar-refractivity contribution is 5.52. The van der Waals surface area contributed by atoms with Gasteiger partial charge in [-0.2, -0.15) is 26.3 Å². The molecule has 1 aromatic rings. The van der Waals surface area contributed by atoms with Crippen molar-refractivity contribution in [3.8, 4) is 0 Å². The van der Waals surface area contributed by atoms with Crippen molar-refractivity contribution in [2.24, 2.45) is 0 Å². The van der Waals surface area contributed by atoms with Crippen LogP contribution < -0.4 is 5.32 Å². The largest absolute Gasteiger partial charge is 0.418 e. The van der Waals surface area contributed by atoms with Crippen molar-refractivity contribution in [3.63, 3.8) is 0 Å². The van der Waals surface area contributed by atoms with Gasteiger partial charge in [-0.15, -0.1) is 0 Å². The number of halogens is 6. The Bertz CT molecular complexity index is 354. The average Bonchev–Trinajstić information content (AvgIpc) is 2.12. The number of anilines is 1. The van der Waals surface area contributed by atoms with Gasteiger partial charge in [0.25, 0.3) is 0 Å². The summed E-state index contributed by atoms with van der Waals surface area (Å²) < 4.78 is 72.5. The molecule has 1 aromatic carbocycles. The molecule has 0 heterocycles. The third-order valence-corrected chi connectivity index (χ3v) is 1.71. The van der Waals surface area contributed by atoms with E-state index in [2.05, 4.69) is 0 Å². The molecule has 1 rings (SSSR count). The molecule has 1 N–H and O–H groups in total. The molecule has 0 aliphatic heterocycles. The van der Waals surface area contributed by atoms with Gasteiger partial charge in [0.15, 0.2) is 0 Å². The number of hydrogen-bond donors (Lipinski definition) is 1. The van der Waals surface area contributed by atoms with E-state index in [0.29, 0.717) is 0 Å². The molecular weight excluding hydrogens is 236 g/mol. The molecule has 0 saturated carbocycles. The summed E-state index contributed by atoms with van der Waals surface area (Å²) >= 11 is 0. The first-order chi connectivity index (χ1) is 7.20. The fourth-order valence-electron chi connectivity index (χ4n) is 1.08. The predicted molar refractivity (Wildman–Crippen MR) is 46.0 cm³/mol. The molecule has 0 aromatic heterocycles. The zero-order valence-corrected chi connectivity index (χ0v) is 7.78. The zero-order chi connectivity index (χ0) is 12.4. The normalized spacial score (nSPS) is 12.6. The lowest BCUT2D eigenvalue weighted by Crippen LogP contribution is -2.22. The Labute approximate surface area is 87.1 Å². The molecule has 16 heavy (non-hydrogen) atoms. The minimum absolute atomic E-state index is 0.577. The van der Waals surface area contributed by atoms with Crippen LogP contribution in [0.3, 0.4) is 0 Å². The van der Waals surface area contributed by atoms with Crippen LogP contribution in [0.15, 0.2) is 24.3 Å². The monoisotopic (exact) mass is 243 g/mol. The van der Waals surface area contributed by atoms with Gasteiger partial charge < -0.3 is 5.32 Å². The van der Waals surface area contributed by atoms with Crippen LogP contribution in [0.4, 0.5) is 32.0 Å². The second kappa shape index (κ2) is 4.23. The number of para-hydroxylation sites is 1. The highest BCUT2D eigenvalue weighted by atomic mass is 19.4. The Hall–Kier alpha value is -1.40. The predicted octanol–water partition coefficient (Wildman–Crippen LogP) is 3.68. The molecule has 0 radical (unpaired) electrons. The van der Waals surface area contributed by atoms with Crippen LogP contribution in [0.5, 0.6) is 0 Å². The fourth-order valence-corrected chi connectivity index (χ4v) is 1.08. The van der Waals surface area contributed by atoms with Crippen LogP contribution in [-0.4, -0.2) is 12.7 Å². The number of alkyl halides is 6. The molecule has 0 aliphatic rings. The Balaban J connectivity index is 2.88. The lowest BCUT2D eigenvalue weighted by atomic mass is 10.1. The molecule has 90 valence electrons. The molecular formula is C9H7F6N. The first-order valence-corrected chi connectivity index (χ1v) is 4.17. The van der Waals surface area contributed by atoms with Crippen molar-refractivity contribution in [3.05, 3.63) is 29.8 Å². The minimum atomic E-state index is -4.67. The van der Waals surface area contributed by atoms with E-state index in [1.54, 1.807) is 5.32 Å². The maximum absolute atomic E-state index is 12.3. The van der Waals surface area contributed by atoms with Gasteiger partial charge in [0.2, 0.25) is 0 Å². The Morgan fingerprint density at radius 2 is 1.50 bits per heavy atom. The van der Waals surface area contributed by atoms with Crippen LogP contribution in [0.25, 0.3) is 0 Å².